The van der Waals surface area contributed by atoms with E-state index in [0.717, 1.165) is 20.8 Å². The third-order valence-electron chi connectivity index (χ3n) is 6.88. The van der Waals surface area contributed by atoms with Crippen molar-refractivity contribution in [3.63, 3.8) is 0 Å². The molecule has 2 aliphatic heterocycles. The van der Waals surface area contributed by atoms with Gasteiger partial charge in [0.05, 0.1) is 30.1 Å². The Morgan fingerprint density at radius 3 is 2.30 bits per heavy atom. The van der Waals surface area contributed by atoms with E-state index in [0.29, 0.717) is 16.9 Å². The monoisotopic (exact) mass is 556 g/mol. The lowest BCUT2D eigenvalue weighted by Crippen LogP contribution is -2.37. The number of amides is 2. The number of methoxy groups -OCH3 is 1. The molecule has 0 spiro atoms. The fraction of sp³-hybridized carbons (Fsp3) is 0.138. The summed E-state index contributed by atoms with van der Waals surface area (Å²) in [6, 6.07) is 26.9. The quantitative estimate of drug-likeness (QED) is 0.246. The van der Waals surface area contributed by atoms with Gasteiger partial charge in [-0.15, -0.1) is 0 Å². The summed E-state index contributed by atoms with van der Waals surface area (Å²) in [6.07, 6.45) is -0.986. The number of nitrogens with zero attached hydrogens (tertiary/aromatic N) is 2. The van der Waals surface area contributed by atoms with Gasteiger partial charge in [0.1, 0.15) is 5.92 Å². The average Bonchev–Trinajstić information content (AvgIpc) is 3.44. The SMILES string of the molecule is COC(=O)c1ccc([C@H]2[C@@H]3C(=O)N(c4cccc5ccccc45)C(=O)[C@H]3ON2c2ccc(Br)cc2)cc1. The van der Waals surface area contributed by atoms with Gasteiger partial charge in [-0.1, -0.05) is 64.5 Å². The Labute approximate surface area is 221 Å². The molecule has 8 heteroatoms. The summed E-state index contributed by atoms with van der Waals surface area (Å²) in [4.78, 5) is 47.2. The van der Waals surface area contributed by atoms with Crippen molar-refractivity contribution in [2.75, 3.05) is 17.1 Å². The molecule has 0 bridgehead atoms. The molecule has 6 rings (SSSR count). The molecule has 3 atom stereocenters. The Morgan fingerprint density at radius 1 is 0.865 bits per heavy atom. The van der Waals surface area contributed by atoms with Crippen LogP contribution in [0, 0.1) is 5.92 Å². The molecule has 2 aliphatic rings. The minimum absolute atomic E-state index is 0.326. The first kappa shape index (κ1) is 23.4. The second kappa shape index (κ2) is 9.14. The Bertz CT molecular complexity index is 1530. The van der Waals surface area contributed by atoms with Crippen molar-refractivity contribution in [1.82, 2.24) is 0 Å². The summed E-state index contributed by atoms with van der Waals surface area (Å²) < 4.78 is 5.71. The van der Waals surface area contributed by atoms with Crippen molar-refractivity contribution in [1.29, 1.82) is 0 Å². The van der Waals surface area contributed by atoms with Gasteiger partial charge in [-0.2, -0.15) is 0 Å². The summed E-state index contributed by atoms with van der Waals surface area (Å²) in [5.41, 5.74) is 2.38. The van der Waals surface area contributed by atoms with Gasteiger partial charge in [-0.3, -0.25) is 14.4 Å². The molecule has 2 amide bonds. The predicted octanol–water partition coefficient (Wildman–Crippen LogP) is 5.44. The highest BCUT2D eigenvalue weighted by Crippen LogP contribution is 2.48. The van der Waals surface area contributed by atoms with Crippen LogP contribution in [-0.4, -0.2) is 31.0 Å². The number of imide groups is 1. The van der Waals surface area contributed by atoms with Crippen LogP contribution in [-0.2, 0) is 19.2 Å². The van der Waals surface area contributed by atoms with Gasteiger partial charge in [-0.05, 0) is 53.4 Å². The van der Waals surface area contributed by atoms with E-state index in [-0.39, 0.29) is 5.91 Å². The summed E-state index contributed by atoms with van der Waals surface area (Å²) in [6.45, 7) is 0. The number of anilines is 2. The Kier molecular flexibility index (Phi) is 5.78. The molecule has 0 saturated carbocycles. The number of rotatable bonds is 4. The van der Waals surface area contributed by atoms with Gasteiger partial charge in [0.2, 0.25) is 5.91 Å². The highest BCUT2D eigenvalue weighted by molar-refractivity contribution is 9.10. The normalized spacial score (nSPS) is 21.0. The lowest BCUT2D eigenvalue weighted by Gasteiger charge is -2.29. The van der Waals surface area contributed by atoms with Crippen molar-refractivity contribution < 1.29 is 24.0 Å². The summed E-state index contributed by atoms with van der Waals surface area (Å²) in [7, 11) is 1.32. The molecule has 2 saturated heterocycles. The lowest BCUT2D eigenvalue weighted by molar-refractivity contribution is -0.126. The zero-order valence-electron chi connectivity index (χ0n) is 19.7. The molecular formula is C29H21BrN2O5. The van der Waals surface area contributed by atoms with Crippen LogP contribution in [0.2, 0.25) is 0 Å². The van der Waals surface area contributed by atoms with Crippen molar-refractivity contribution in [2.24, 2.45) is 5.92 Å². The summed E-state index contributed by atoms with van der Waals surface area (Å²) >= 11 is 3.45. The summed E-state index contributed by atoms with van der Waals surface area (Å²) in [5, 5.41) is 3.38. The maximum absolute atomic E-state index is 14.0. The van der Waals surface area contributed by atoms with Crippen molar-refractivity contribution in [2.45, 2.75) is 12.1 Å². The molecule has 0 aliphatic carbocycles. The number of esters is 1. The van der Waals surface area contributed by atoms with Crippen LogP contribution in [0.3, 0.4) is 0 Å². The zero-order chi connectivity index (χ0) is 25.7. The Balaban J connectivity index is 1.44. The molecule has 2 fully saturated rings. The Hall–Kier alpha value is -4.01. The number of benzene rings is 4. The van der Waals surface area contributed by atoms with Crippen molar-refractivity contribution in [3.8, 4) is 0 Å². The number of fused-ring (bicyclic) bond motifs is 2. The van der Waals surface area contributed by atoms with E-state index in [1.54, 1.807) is 35.4 Å². The first-order valence-electron chi connectivity index (χ1n) is 11.7. The van der Waals surface area contributed by atoms with Gasteiger partial charge in [0.15, 0.2) is 6.10 Å². The van der Waals surface area contributed by atoms with Gasteiger partial charge in [0.25, 0.3) is 5.91 Å². The van der Waals surface area contributed by atoms with Gasteiger partial charge in [0, 0.05) is 9.86 Å². The molecule has 0 radical (unpaired) electrons. The summed E-state index contributed by atoms with van der Waals surface area (Å²) in [5.74, 6) is -1.96. The van der Waals surface area contributed by atoms with Crippen LogP contribution >= 0.6 is 15.9 Å². The van der Waals surface area contributed by atoms with Crippen LogP contribution < -0.4 is 9.96 Å². The molecule has 37 heavy (non-hydrogen) atoms. The van der Waals surface area contributed by atoms with E-state index in [1.165, 1.54) is 12.0 Å². The van der Waals surface area contributed by atoms with E-state index in [1.807, 2.05) is 60.7 Å². The highest BCUT2D eigenvalue weighted by atomic mass is 79.9. The highest BCUT2D eigenvalue weighted by Gasteiger charge is 2.60. The number of halogens is 1. The minimum Gasteiger partial charge on any atom is -0.465 e. The van der Waals surface area contributed by atoms with Crippen LogP contribution in [0.1, 0.15) is 22.0 Å². The van der Waals surface area contributed by atoms with Gasteiger partial charge >= 0.3 is 5.97 Å². The Morgan fingerprint density at radius 2 is 1.57 bits per heavy atom. The van der Waals surface area contributed by atoms with Gasteiger partial charge in [-0.25, -0.2) is 14.8 Å². The molecule has 7 nitrogen and oxygen atoms in total. The molecular weight excluding hydrogens is 536 g/mol. The largest absolute Gasteiger partial charge is 0.465 e. The van der Waals surface area contributed by atoms with Crippen LogP contribution in [0.4, 0.5) is 11.4 Å². The molecule has 0 unspecified atom stereocenters. The van der Waals surface area contributed by atoms with Crippen molar-refractivity contribution >= 4 is 55.9 Å². The lowest BCUT2D eigenvalue weighted by atomic mass is 9.90. The van der Waals surface area contributed by atoms with E-state index in [4.69, 9.17) is 9.57 Å². The maximum atomic E-state index is 14.0. The van der Waals surface area contributed by atoms with E-state index in [9.17, 15) is 14.4 Å². The molecule has 184 valence electrons. The number of carbonyl (C=O) groups excluding carboxylic acids is 3. The van der Waals surface area contributed by atoms with Crippen LogP contribution in [0.25, 0.3) is 10.8 Å². The third kappa shape index (κ3) is 3.80. The first-order chi connectivity index (χ1) is 18.0. The third-order valence-corrected chi connectivity index (χ3v) is 7.41. The fourth-order valence-corrected chi connectivity index (χ4v) is 5.40. The van der Waals surface area contributed by atoms with E-state index < -0.39 is 29.9 Å². The number of hydroxylamine groups is 1. The van der Waals surface area contributed by atoms with Crippen molar-refractivity contribution in [3.05, 3.63) is 107 Å². The number of ether oxygens (including phenoxy) is 1. The average molecular weight is 557 g/mol. The topological polar surface area (TPSA) is 76.2 Å². The predicted molar refractivity (Wildman–Crippen MR) is 142 cm³/mol. The maximum Gasteiger partial charge on any atom is 0.337 e. The number of hydrogen-bond donors (Lipinski definition) is 0. The van der Waals surface area contributed by atoms with Gasteiger partial charge < -0.3 is 4.74 Å². The number of hydrogen-bond acceptors (Lipinski definition) is 6. The van der Waals surface area contributed by atoms with Crippen LogP contribution in [0.5, 0.6) is 0 Å². The first-order valence-corrected chi connectivity index (χ1v) is 12.5. The molecule has 0 N–H and O–H groups in total. The standard InChI is InChI=1S/C29H21BrN2O5/c1-36-29(35)19-11-9-18(10-12-19)25-24-26(37-32(25)21-15-13-20(30)14-16-21)28(34)31(27(24)33)23-8-4-6-17-5-2-3-7-22(17)23/h2-16,24-26H,1H3/t24-,25-,26-/m0/s1. The van der Waals surface area contributed by atoms with E-state index >= 15 is 0 Å². The smallest absolute Gasteiger partial charge is 0.337 e. The molecule has 2 heterocycles. The van der Waals surface area contributed by atoms with E-state index in [2.05, 4.69) is 15.9 Å². The second-order valence-electron chi connectivity index (χ2n) is 8.92. The van der Waals surface area contributed by atoms with Crippen LogP contribution in [0.15, 0.2) is 95.5 Å². The number of carbonyl (C=O) groups is 3. The molecule has 4 aromatic rings. The molecule has 0 aromatic heterocycles. The zero-order valence-corrected chi connectivity index (χ0v) is 21.3. The fourth-order valence-electron chi connectivity index (χ4n) is 5.14. The minimum atomic E-state index is -0.986. The molecule has 4 aromatic carbocycles. The second-order valence-corrected chi connectivity index (χ2v) is 9.84.